The zero-order chi connectivity index (χ0) is 15.8. The van der Waals surface area contributed by atoms with Crippen LogP contribution in [0.25, 0.3) is 0 Å². The topological polar surface area (TPSA) is 86.7 Å². The van der Waals surface area contributed by atoms with Gasteiger partial charge in [-0.25, -0.2) is 4.79 Å². The van der Waals surface area contributed by atoms with Crippen LogP contribution in [0.4, 0.5) is 10.5 Å². The molecule has 0 aromatic heterocycles. The van der Waals surface area contributed by atoms with Gasteiger partial charge in [-0.3, -0.25) is 14.5 Å². The largest absolute Gasteiger partial charge is 0.480 e. The minimum absolute atomic E-state index is 0.0256. The highest BCUT2D eigenvalue weighted by molar-refractivity contribution is 8.13. The van der Waals surface area contributed by atoms with Crippen molar-refractivity contribution in [1.29, 1.82) is 0 Å². The van der Waals surface area contributed by atoms with Gasteiger partial charge in [0, 0.05) is 24.9 Å². The lowest BCUT2D eigenvalue weighted by Crippen LogP contribution is -2.47. The van der Waals surface area contributed by atoms with Crippen LogP contribution in [0.3, 0.4) is 0 Å². The second kappa shape index (κ2) is 8.31. The van der Waals surface area contributed by atoms with Crippen LogP contribution in [0, 0.1) is 0 Å². The van der Waals surface area contributed by atoms with Crippen LogP contribution in [-0.2, 0) is 9.59 Å². The zero-order valence-corrected chi connectivity index (χ0v) is 12.7. The van der Waals surface area contributed by atoms with E-state index in [1.165, 1.54) is 18.7 Å². The van der Waals surface area contributed by atoms with Crippen LogP contribution >= 0.6 is 11.8 Å². The van der Waals surface area contributed by atoms with Gasteiger partial charge in [-0.1, -0.05) is 30.0 Å². The third-order valence-electron chi connectivity index (χ3n) is 2.64. The van der Waals surface area contributed by atoms with Gasteiger partial charge in [0.15, 0.2) is 5.12 Å². The van der Waals surface area contributed by atoms with Crippen molar-refractivity contribution in [3.63, 3.8) is 0 Å². The number of carboxylic acid groups (broad SMARTS) is 1. The fourth-order valence-corrected chi connectivity index (χ4v) is 2.12. The van der Waals surface area contributed by atoms with Crippen molar-refractivity contribution in [2.24, 2.45) is 0 Å². The average Bonchev–Trinajstić information content (AvgIpc) is 2.43. The van der Waals surface area contributed by atoms with Gasteiger partial charge in [0.25, 0.3) is 0 Å². The van der Waals surface area contributed by atoms with E-state index in [0.717, 1.165) is 11.8 Å². The van der Waals surface area contributed by atoms with Gasteiger partial charge in [0.05, 0.1) is 0 Å². The molecule has 0 unspecified atom stereocenters. The Morgan fingerprint density at radius 1 is 1.29 bits per heavy atom. The number of carbonyl (C=O) groups excluding carboxylic acids is 2. The molecule has 0 aliphatic heterocycles. The fourth-order valence-electron chi connectivity index (χ4n) is 1.56. The molecule has 1 aromatic carbocycles. The van der Waals surface area contributed by atoms with Gasteiger partial charge >= 0.3 is 12.0 Å². The number of hydrogen-bond acceptors (Lipinski definition) is 4. The van der Waals surface area contributed by atoms with E-state index in [0.29, 0.717) is 18.0 Å². The molecule has 21 heavy (non-hydrogen) atoms. The summed E-state index contributed by atoms with van der Waals surface area (Å²) < 4.78 is 0. The van der Waals surface area contributed by atoms with Crippen molar-refractivity contribution in [2.75, 3.05) is 17.2 Å². The minimum Gasteiger partial charge on any atom is -0.480 e. The number of para-hydroxylation sites is 1. The lowest BCUT2D eigenvalue weighted by atomic mass is 10.3. The Morgan fingerprint density at radius 3 is 2.43 bits per heavy atom. The van der Waals surface area contributed by atoms with Gasteiger partial charge in [0.2, 0.25) is 0 Å². The number of benzene rings is 1. The van der Waals surface area contributed by atoms with Crippen molar-refractivity contribution in [3.8, 4) is 0 Å². The number of amides is 2. The molecule has 2 N–H and O–H groups in total. The molecule has 0 fully saturated rings. The predicted molar refractivity (Wildman–Crippen MR) is 82.6 cm³/mol. The smallest absolute Gasteiger partial charge is 0.325 e. The number of rotatable bonds is 6. The molecule has 1 aromatic rings. The zero-order valence-electron chi connectivity index (χ0n) is 11.9. The molecule has 1 rings (SSSR count). The van der Waals surface area contributed by atoms with Crippen LogP contribution in [-0.4, -0.2) is 40.6 Å². The van der Waals surface area contributed by atoms with Gasteiger partial charge in [0.1, 0.15) is 6.04 Å². The van der Waals surface area contributed by atoms with Crippen LogP contribution in [0.5, 0.6) is 0 Å². The number of thioether (sulfide) groups is 1. The minimum atomic E-state index is -1.10. The molecule has 0 radical (unpaired) electrons. The van der Waals surface area contributed by atoms with Crippen LogP contribution in [0.1, 0.15) is 13.8 Å². The molecule has 114 valence electrons. The molecule has 0 spiro atoms. The maximum absolute atomic E-state index is 12.2. The van der Waals surface area contributed by atoms with Gasteiger partial charge in [-0.15, -0.1) is 0 Å². The third kappa shape index (κ3) is 5.86. The maximum Gasteiger partial charge on any atom is 0.325 e. The summed E-state index contributed by atoms with van der Waals surface area (Å²) in [4.78, 5) is 35.4. The van der Waals surface area contributed by atoms with E-state index >= 15 is 0 Å². The fraction of sp³-hybridized carbons (Fsp3) is 0.357. The van der Waals surface area contributed by atoms with Crippen molar-refractivity contribution in [3.05, 3.63) is 30.3 Å². The highest BCUT2D eigenvalue weighted by atomic mass is 32.2. The van der Waals surface area contributed by atoms with Crippen molar-refractivity contribution in [2.45, 2.75) is 19.9 Å². The number of carbonyl (C=O) groups is 3. The summed E-state index contributed by atoms with van der Waals surface area (Å²) in [5.74, 6) is -0.659. The molecule has 1 atom stereocenters. The number of hydrogen-bond donors (Lipinski definition) is 2. The quantitative estimate of drug-likeness (QED) is 0.838. The summed E-state index contributed by atoms with van der Waals surface area (Å²) in [7, 11) is 0. The van der Waals surface area contributed by atoms with E-state index in [-0.39, 0.29) is 5.12 Å². The lowest BCUT2D eigenvalue weighted by molar-refractivity contribution is -0.138. The number of nitrogens with zero attached hydrogens (tertiary/aromatic N) is 1. The summed E-state index contributed by atoms with van der Waals surface area (Å²) in [6.45, 7) is 3.17. The lowest BCUT2D eigenvalue weighted by Gasteiger charge is -2.24. The van der Waals surface area contributed by atoms with Gasteiger partial charge < -0.3 is 10.4 Å². The first-order chi connectivity index (χ1) is 9.91. The second-order valence-corrected chi connectivity index (χ2v) is 5.61. The second-order valence-electron chi connectivity index (χ2n) is 4.34. The molecule has 7 heteroatoms. The molecule has 0 aliphatic rings. The van der Waals surface area contributed by atoms with Crippen molar-refractivity contribution in [1.82, 2.24) is 5.32 Å². The SMILES string of the molecule is CC(=O)SCCN(C(=O)N[C@@H](C)C(=O)O)c1ccccc1. The highest BCUT2D eigenvalue weighted by Crippen LogP contribution is 2.15. The number of anilines is 1. The number of aliphatic carboxylic acids is 1. The molecule has 0 heterocycles. The Labute approximate surface area is 127 Å². The van der Waals surface area contributed by atoms with E-state index in [1.54, 1.807) is 24.3 Å². The molecule has 6 nitrogen and oxygen atoms in total. The first kappa shape index (κ1) is 17.0. The van der Waals surface area contributed by atoms with Crippen molar-refractivity contribution < 1.29 is 19.5 Å². The highest BCUT2D eigenvalue weighted by Gasteiger charge is 2.20. The van der Waals surface area contributed by atoms with E-state index in [9.17, 15) is 14.4 Å². The van der Waals surface area contributed by atoms with Gasteiger partial charge in [-0.05, 0) is 19.1 Å². The maximum atomic E-state index is 12.2. The third-order valence-corrected chi connectivity index (χ3v) is 3.44. The molecule has 0 bridgehead atoms. The summed E-state index contributed by atoms with van der Waals surface area (Å²) in [6.07, 6.45) is 0. The summed E-state index contributed by atoms with van der Waals surface area (Å²) >= 11 is 1.12. The molecule has 0 aliphatic carbocycles. The van der Waals surface area contributed by atoms with Gasteiger partial charge in [-0.2, -0.15) is 0 Å². The first-order valence-corrected chi connectivity index (χ1v) is 7.39. The molecular formula is C14H18N2O4S. The Bertz CT molecular complexity index is 507. The van der Waals surface area contributed by atoms with E-state index < -0.39 is 18.0 Å². The number of urea groups is 1. The summed E-state index contributed by atoms with van der Waals surface area (Å²) in [5.41, 5.74) is 0.650. The summed E-state index contributed by atoms with van der Waals surface area (Å²) in [5, 5.41) is 11.2. The normalized spacial score (nSPS) is 11.5. The van der Waals surface area contributed by atoms with Crippen LogP contribution in [0.2, 0.25) is 0 Å². The molecule has 2 amide bonds. The average molecular weight is 310 g/mol. The first-order valence-electron chi connectivity index (χ1n) is 6.41. The van der Waals surface area contributed by atoms with Crippen molar-refractivity contribution >= 4 is 34.6 Å². The molecule has 0 saturated carbocycles. The molecule has 0 saturated heterocycles. The Morgan fingerprint density at radius 2 is 1.90 bits per heavy atom. The number of carboxylic acids is 1. The monoisotopic (exact) mass is 310 g/mol. The van der Waals surface area contributed by atoms with Crippen LogP contribution < -0.4 is 10.2 Å². The molecular weight excluding hydrogens is 292 g/mol. The van der Waals surface area contributed by atoms with E-state index in [1.807, 2.05) is 6.07 Å². The predicted octanol–water partition coefficient (Wildman–Crippen LogP) is 1.96. The summed E-state index contributed by atoms with van der Waals surface area (Å²) in [6, 6.07) is 7.42. The van der Waals surface area contributed by atoms with Crippen LogP contribution in [0.15, 0.2) is 30.3 Å². The Hall–Kier alpha value is -2.02. The Balaban J connectivity index is 2.78. The van der Waals surface area contributed by atoms with E-state index in [2.05, 4.69) is 5.32 Å². The Kier molecular flexibility index (Phi) is 6.74. The van der Waals surface area contributed by atoms with E-state index in [4.69, 9.17) is 5.11 Å². The number of nitrogens with one attached hydrogen (secondary N) is 1. The standard InChI is InChI=1S/C14H18N2O4S/c1-10(13(18)19)15-14(20)16(8-9-21-11(2)17)12-6-4-3-5-7-12/h3-7,10H,8-9H2,1-2H3,(H,15,20)(H,18,19)/t10-/m0/s1.